The summed E-state index contributed by atoms with van der Waals surface area (Å²) in [5.41, 5.74) is 0.828. The summed E-state index contributed by atoms with van der Waals surface area (Å²) < 4.78 is 0. The van der Waals surface area contributed by atoms with Crippen LogP contribution in [0.15, 0.2) is 5.38 Å². The molecule has 1 aromatic rings. The Hall–Kier alpha value is -0.450. The van der Waals surface area contributed by atoms with E-state index in [0.717, 1.165) is 11.6 Å². The Kier molecular flexibility index (Phi) is 4.54. The number of hydrogen-bond acceptors (Lipinski definition) is 4. The molecular formula is C13H22N2OS. The highest BCUT2D eigenvalue weighted by atomic mass is 32.1. The largest absolute Gasteiger partial charge is 0.390 e. The second kappa shape index (κ2) is 5.94. The van der Waals surface area contributed by atoms with Gasteiger partial charge in [0.2, 0.25) is 0 Å². The van der Waals surface area contributed by atoms with Gasteiger partial charge in [-0.2, -0.15) is 0 Å². The molecule has 0 unspecified atom stereocenters. The molecule has 0 atom stereocenters. The average molecular weight is 254 g/mol. The summed E-state index contributed by atoms with van der Waals surface area (Å²) in [5.74, 6) is 1.37. The molecule has 0 bridgehead atoms. The predicted molar refractivity (Wildman–Crippen MR) is 71.3 cm³/mol. The van der Waals surface area contributed by atoms with Crippen molar-refractivity contribution >= 4 is 11.3 Å². The van der Waals surface area contributed by atoms with Gasteiger partial charge in [-0.05, 0) is 31.8 Å². The van der Waals surface area contributed by atoms with Gasteiger partial charge >= 0.3 is 0 Å². The van der Waals surface area contributed by atoms with Crippen molar-refractivity contribution in [1.29, 1.82) is 0 Å². The summed E-state index contributed by atoms with van der Waals surface area (Å²) >= 11 is 1.71. The fraction of sp³-hybridized carbons (Fsp3) is 0.769. The Morgan fingerprint density at radius 2 is 2.18 bits per heavy atom. The lowest BCUT2D eigenvalue weighted by Crippen LogP contribution is -2.35. The van der Waals surface area contributed by atoms with Crippen LogP contribution in [0, 0.1) is 5.92 Å². The molecule has 17 heavy (non-hydrogen) atoms. The first-order valence-corrected chi connectivity index (χ1v) is 7.34. The van der Waals surface area contributed by atoms with Crippen LogP contribution in [0.25, 0.3) is 0 Å². The first-order chi connectivity index (χ1) is 8.19. The summed E-state index contributed by atoms with van der Waals surface area (Å²) in [6.07, 6.45) is 2.43. The number of aromatic nitrogens is 1. The van der Waals surface area contributed by atoms with Gasteiger partial charge < -0.3 is 10.0 Å². The van der Waals surface area contributed by atoms with Crippen LogP contribution in [0.5, 0.6) is 0 Å². The zero-order chi connectivity index (χ0) is 12.3. The third kappa shape index (κ3) is 3.50. The van der Waals surface area contributed by atoms with E-state index in [2.05, 4.69) is 23.7 Å². The maximum Gasteiger partial charge on any atom is 0.0961 e. The normalized spacial score (nSPS) is 19.1. The highest BCUT2D eigenvalue weighted by Gasteiger charge is 2.23. The van der Waals surface area contributed by atoms with Crippen molar-refractivity contribution < 1.29 is 5.11 Å². The van der Waals surface area contributed by atoms with Gasteiger partial charge in [0.05, 0.1) is 17.3 Å². The van der Waals surface area contributed by atoms with Crippen molar-refractivity contribution in [3.05, 3.63) is 16.1 Å². The average Bonchev–Trinajstić information content (AvgIpc) is 2.78. The molecule has 1 saturated heterocycles. The van der Waals surface area contributed by atoms with E-state index in [1.807, 2.05) is 5.38 Å². The Morgan fingerprint density at radius 3 is 2.71 bits per heavy atom. The van der Waals surface area contributed by atoms with Gasteiger partial charge in [-0.1, -0.05) is 13.8 Å². The van der Waals surface area contributed by atoms with Crippen molar-refractivity contribution in [3.63, 3.8) is 0 Å². The van der Waals surface area contributed by atoms with Crippen LogP contribution in [0.1, 0.15) is 43.3 Å². The van der Waals surface area contributed by atoms with Crippen molar-refractivity contribution in [2.24, 2.45) is 5.92 Å². The van der Waals surface area contributed by atoms with Gasteiger partial charge in [-0.25, -0.2) is 4.98 Å². The molecule has 0 aromatic carbocycles. The lowest BCUT2D eigenvalue weighted by atomic mass is 9.97. The third-order valence-electron chi connectivity index (χ3n) is 3.29. The Bertz CT molecular complexity index is 343. The molecule has 2 heterocycles. The molecular weight excluding hydrogens is 232 g/mol. The molecule has 0 spiro atoms. The number of piperidine rings is 1. The molecule has 0 amide bonds. The molecule has 1 N–H and O–H groups in total. The maximum absolute atomic E-state index is 9.03. The molecule has 1 aliphatic rings. The first kappa shape index (κ1) is 13.0. The Balaban J connectivity index is 1.86. The van der Waals surface area contributed by atoms with Gasteiger partial charge in [0.1, 0.15) is 0 Å². The minimum absolute atomic E-state index is 0.0721. The van der Waals surface area contributed by atoms with Gasteiger partial charge in [0.15, 0.2) is 0 Å². The molecule has 1 aromatic heterocycles. The standard InChI is InChI=1S/C13H22N2OS/c1-10(2)7-15-5-3-11(4-6-15)13-14-12(8-16)9-17-13/h9-11,16H,3-8H2,1-2H3. The van der Waals surface area contributed by atoms with Gasteiger partial charge in [-0.3, -0.25) is 0 Å². The molecule has 2 rings (SSSR count). The number of aliphatic hydroxyl groups excluding tert-OH is 1. The molecule has 3 nitrogen and oxygen atoms in total. The van der Waals surface area contributed by atoms with Crippen LogP contribution < -0.4 is 0 Å². The second-order valence-electron chi connectivity index (χ2n) is 5.30. The minimum atomic E-state index is 0.0721. The van der Waals surface area contributed by atoms with E-state index in [4.69, 9.17) is 5.11 Å². The third-order valence-corrected chi connectivity index (χ3v) is 4.35. The van der Waals surface area contributed by atoms with E-state index < -0.39 is 0 Å². The van der Waals surface area contributed by atoms with Crippen molar-refractivity contribution in [2.45, 2.75) is 39.2 Å². The van der Waals surface area contributed by atoms with Crippen LogP contribution in [-0.4, -0.2) is 34.6 Å². The van der Waals surface area contributed by atoms with Gasteiger partial charge in [-0.15, -0.1) is 11.3 Å². The number of rotatable bonds is 4. The zero-order valence-corrected chi connectivity index (χ0v) is 11.5. The summed E-state index contributed by atoms with van der Waals surface area (Å²) in [4.78, 5) is 7.05. The van der Waals surface area contributed by atoms with E-state index in [1.54, 1.807) is 11.3 Å². The van der Waals surface area contributed by atoms with Gasteiger partial charge in [0.25, 0.3) is 0 Å². The number of aliphatic hydroxyl groups is 1. The monoisotopic (exact) mass is 254 g/mol. The molecule has 1 aliphatic heterocycles. The molecule has 0 radical (unpaired) electrons. The summed E-state index contributed by atoms with van der Waals surface area (Å²) in [7, 11) is 0. The topological polar surface area (TPSA) is 36.4 Å². The Morgan fingerprint density at radius 1 is 1.47 bits per heavy atom. The zero-order valence-electron chi connectivity index (χ0n) is 10.7. The van der Waals surface area contributed by atoms with Crippen LogP contribution >= 0.6 is 11.3 Å². The van der Waals surface area contributed by atoms with Crippen LogP contribution in [-0.2, 0) is 6.61 Å². The van der Waals surface area contributed by atoms with Crippen LogP contribution in [0.2, 0.25) is 0 Å². The number of nitrogens with zero attached hydrogens (tertiary/aromatic N) is 2. The van der Waals surface area contributed by atoms with Crippen LogP contribution in [0.4, 0.5) is 0 Å². The molecule has 96 valence electrons. The second-order valence-corrected chi connectivity index (χ2v) is 6.19. The maximum atomic E-state index is 9.03. The van der Waals surface area contributed by atoms with E-state index in [0.29, 0.717) is 5.92 Å². The minimum Gasteiger partial charge on any atom is -0.390 e. The van der Waals surface area contributed by atoms with Crippen molar-refractivity contribution in [2.75, 3.05) is 19.6 Å². The number of hydrogen-bond donors (Lipinski definition) is 1. The summed E-state index contributed by atoms with van der Waals surface area (Å²) in [6, 6.07) is 0. The van der Waals surface area contributed by atoms with E-state index >= 15 is 0 Å². The number of likely N-dealkylation sites (tertiary alicyclic amines) is 1. The summed E-state index contributed by atoms with van der Waals surface area (Å²) in [5, 5.41) is 12.2. The summed E-state index contributed by atoms with van der Waals surface area (Å²) in [6.45, 7) is 8.23. The lowest BCUT2D eigenvalue weighted by molar-refractivity contribution is 0.191. The van der Waals surface area contributed by atoms with Crippen LogP contribution in [0.3, 0.4) is 0 Å². The lowest BCUT2D eigenvalue weighted by Gasteiger charge is -2.32. The fourth-order valence-electron chi connectivity index (χ4n) is 2.46. The highest BCUT2D eigenvalue weighted by Crippen LogP contribution is 2.30. The van der Waals surface area contributed by atoms with E-state index in [1.165, 1.54) is 37.5 Å². The SMILES string of the molecule is CC(C)CN1CCC(c2nc(CO)cs2)CC1. The van der Waals surface area contributed by atoms with Crippen molar-refractivity contribution in [1.82, 2.24) is 9.88 Å². The highest BCUT2D eigenvalue weighted by molar-refractivity contribution is 7.09. The van der Waals surface area contributed by atoms with E-state index in [-0.39, 0.29) is 6.61 Å². The smallest absolute Gasteiger partial charge is 0.0961 e. The molecule has 4 heteroatoms. The number of thiazole rings is 1. The molecule has 0 aliphatic carbocycles. The predicted octanol–water partition coefficient (Wildman–Crippen LogP) is 2.47. The van der Waals surface area contributed by atoms with E-state index in [9.17, 15) is 0 Å². The quantitative estimate of drug-likeness (QED) is 0.896. The first-order valence-electron chi connectivity index (χ1n) is 6.46. The van der Waals surface area contributed by atoms with Crippen molar-refractivity contribution in [3.8, 4) is 0 Å². The Labute approximate surface area is 107 Å². The molecule has 1 fully saturated rings. The van der Waals surface area contributed by atoms with Gasteiger partial charge in [0, 0.05) is 17.8 Å². The fourth-order valence-corrected chi connectivity index (χ4v) is 3.44. The molecule has 0 saturated carbocycles.